The van der Waals surface area contributed by atoms with E-state index in [1.165, 1.54) is 24.5 Å². The third kappa shape index (κ3) is 2.85. The van der Waals surface area contributed by atoms with Crippen LogP contribution in [0.25, 0.3) is 0 Å². The van der Waals surface area contributed by atoms with Crippen molar-refractivity contribution >= 4 is 16.0 Å². The van der Waals surface area contributed by atoms with Crippen molar-refractivity contribution < 1.29 is 12.8 Å². The van der Waals surface area contributed by atoms with Crippen molar-refractivity contribution in [3.63, 3.8) is 0 Å². The number of aromatic nitrogens is 2. The molecule has 1 aromatic carbocycles. The first-order chi connectivity index (χ1) is 9.04. The topological polar surface area (TPSA) is 98.0 Å². The van der Waals surface area contributed by atoms with Crippen molar-refractivity contribution in [2.45, 2.75) is 11.4 Å². The number of nitrogens with zero attached hydrogens (tertiary/aromatic N) is 2. The Morgan fingerprint density at radius 3 is 2.53 bits per heavy atom. The van der Waals surface area contributed by atoms with Crippen molar-refractivity contribution in [1.29, 1.82) is 0 Å². The Bertz CT molecular complexity index is 676. The third-order valence-electron chi connectivity index (χ3n) is 2.36. The van der Waals surface area contributed by atoms with Crippen LogP contribution >= 0.6 is 0 Å². The first kappa shape index (κ1) is 13.4. The van der Waals surface area contributed by atoms with Crippen LogP contribution in [0, 0.1) is 5.82 Å². The van der Waals surface area contributed by atoms with Crippen LogP contribution in [-0.4, -0.2) is 18.4 Å². The van der Waals surface area contributed by atoms with Gasteiger partial charge in [-0.15, -0.1) is 0 Å². The molecule has 1 heterocycles. The SMILES string of the molecule is NCc1c(F)cccc1S(=O)(=O)Nc1ncccn1. The molecule has 0 aliphatic rings. The minimum atomic E-state index is -3.97. The number of nitrogens with one attached hydrogen (secondary N) is 1. The zero-order chi connectivity index (χ0) is 13.9. The second-order valence-corrected chi connectivity index (χ2v) is 5.25. The van der Waals surface area contributed by atoms with E-state index in [1.54, 1.807) is 6.07 Å². The van der Waals surface area contributed by atoms with E-state index in [-0.39, 0.29) is 23.0 Å². The molecule has 3 N–H and O–H groups in total. The molecule has 0 radical (unpaired) electrons. The molecule has 0 saturated carbocycles. The fourth-order valence-corrected chi connectivity index (χ4v) is 2.73. The van der Waals surface area contributed by atoms with E-state index < -0.39 is 15.8 Å². The summed E-state index contributed by atoms with van der Waals surface area (Å²) in [6.07, 6.45) is 2.78. The molecule has 0 saturated heterocycles. The minimum Gasteiger partial charge on any atom is -0.326 e. The van der Waals surface area contributed by atoms with Gasteiger partial charge in [0.1, 0.15) is 5.82 Å². The summed E-state index contributed by atoms with van der Waals surface area (Å²) in [4.78, 5) is 7.26. The van der Waals surface area contributed by atoms with Gasteiger partial charge in [-0.25, -0.2) is 27.5 Å². The zero-order valence-corrected chi connectivity index (χ0v) is 10.6. The fourth-order valence-electron chi connectivity index (χ4n) is 1.52. The Hall–Kier alpha value is -2.06. The summed E-state index contributed by atoms with van der Waals surface area (Å²) in [5.74, 6) is -0.755. The van der Waals surface area contributed by atoms with Gasteiger partial charge in [-0.3, -0.25) is 0 Å². The van der Waals surface area contributed by atoms with Gasteiger partial charge in [0.05, 0.1) is 4.90 Å². The molecule has 0 aliphatic carbocycles. The molecule has 8 heteroatoms. The second kappa shape index (κ2) is 5.29. The number of hydrogen-bond acceptors (Lipinski definition) is 5. The van der Waals surface area contributed by atoms with Crippen molar-refractivity contribution in [1.82, 2.24) is 9.97 Å². The number of hydrogen-bond donors (Lipinski definition) is 2. The zero-order valence-electron chi connectivity index (χ0n) is 9.75. The quantitative estimate of drug-likeness (QED) is 0.867. The highest BCUT2D eigenvalue weighted by molar-refractivity contribution is 7.92. The van der Waals surface area contributed by atoms with Gasteiger partial charge in [0.2, 0.25) is 5.95 Å². The molecule has 2 aromatic rings. The van der Waals surface area contributed by atoms with Gasteiger partial charge < -0.3 is 5.73 Å². The van der Waals surface area contributed by atoms with Crippen LogP contribution in [0.1, 0.15) is 5.56 Å². The highest BCUT2D eigenvalue weighted by Crippen LogP contribution is 2.20. The van der Waals surface area contributed by atoms with Gasteiger partial charge in [0.15, 0.2) is 0 Å². The molecule has 19 heavy (non-hydrogen) atoms. The van der Waals surface area contributed by atoms with Gasteiger partial charge in [-0.2, -0.15) is 0 Å². The number of anilines is 1. The van der Waals surface area contributed by atoms with Crippen molar-refractivity contribution in [3.8, 4) is 0 Å². The molecule has 2 rings (SSSR count). The lowest BCUT2D eigenvalue weighted by Crippen LogP contribution is -2.18. The summed E-state index contributed by atoms with van der Waals surface area (Å²) < 4.78 is 39.9. The number of nitrogens with two attached hydrogens (primary N) is 1. The monoisotopic (exact) mass is 282 g/mol. The molecular weight excluding hydrogens is 271 g/mol. The lowest BCUT2D eigenvalue weighted by atomic mass is 10.2. The Kier molecular flexibility index (Phi) is 3.72. The summed E-state index contributed by atoms with van der Waals surface area (Å²) in [5.41, 5.74) is 5.30. The summed E-state index contributed by atoms with van der Waals surface area (Å²) in [6.45, 7) is -0.224. The van der Waals surface area contributed by atoms with E-state index in [0.717, 1.165) is 6.07 Å². The van der Waals surface area contributed by atoms with Crippen LogP contribution < -0.4 is 10.5 Å². The van der Waals surface area contributed by atoms with E-state index in [2.05, 4.69) is 14.7 Å². The Labute approximate surface area is 109 Å². The maximum Gasteiger partial charge on any atom is 0.264 e. The maximum absolute atomic E-state index is 13.5. The van der Waals surface area contributed by atoms with E-state index in [4.69, 9.17) is 5.73 Å². The fraction of sp³-hybridized carbons (Fsp3) is 0.0909. The molecule has 0 spiro atoms. The van der Waals surface area contributed by atoms with Crippen LogP contribution in [0.2, 0.25) is 0 Å². The van der Waals surface area contributed by atoms with Crippen molar-refractivity contribution in [2.24, 2.45) is 5.73 Å². The molecular formula is C11H11FN4O2S. The molecule has 100 valence electrons. The summed E-state index contributed by atoms with van der Waals surface area (Å²) in [6, 6.07) is 5.27. The van der Waals surface area contributed by atoms with Crippen LogP contribution in [0.5, 0.6) is 0 Å². The molecule has 0 bridgehead atoms. The van der Waals surface area contributed by atoms with E-state index in [1.807, 2.05) is 0 Å². The van der Waals surface area contributed by atoms with E-state index in [0.29, 0.717) is 0 Å². The van der Waals surface area contributed by atoms with Gasteiger partial charge in [-0.1, -0.05) is 6.07 Å². The summed E-state index contributed by atoms with van der Waals surface area (Å²) in [5, 5.41) is 0. The number of halogens is 1. The van der Waals surface area contributed by atoms with Crippen LogP contribution in [0.3, 0.4) is 0 Å². The Balaban J connectivity index is 2.43. The smallest absolute Gasteiger partial charge is 0.264 e. The predicted octanol–water partition coefficient (Wildman–Crippen LogP) is 0.875. The standard InChI is InChI=1S/C11H11FN4O2S/c12-9-3-1-4-10(8(9)7-13)19(17,18)16-11-14-5-2-6-15-11/h1-6H,7,13H2,(H,14,15,16). The van der Waals surface area contributed by atoms with E-state index >= 15 is 0 Å². The predicted molar refractivity (Wildman–Crippen MR) is 67.1 cm³/mol. The molecule has 0 fully saturated rings. The van der Waals surface area contributed by atoms with Crippen LogP contribution in [0.15, 0.2) is 41.6 Å². The average molecular weight is 282 g/mol. The average Bonchev–Trinajstić information content (AvgIpc) is 2.39. The molecule has 6 nitrogen and oxygen atoms in total. The lowest BCUT2D eigenvalue weighted by molar-refractivity contribution is 0.585. The summed E-state index contributed by atoms with van der Waals surface area (Å²) in [7, 11) is -3.97. The second-order valence-electron chi connectivity index (χ2n) is 3.60. The van der Waals surface area contributed by atoms with Gasteiger partial charge in [0.25, 0.3) is 10.0 Å². The first-order valence-corrected chi connectivity index (χ1v) is 6.80. The summed E-state index contributed by atoms with van der Waals surface area (Å²) >= 11 is 0. The normalized spacial score (nSPS) is 11.3. The first-order valence-electron chi connectivity index (χ1n) is 5.32. The maximum atomic E-state index is 13.5. The van der Waals surface area contributed by atoms with Crippen LogP contribution in [-0.2, 0) is 16.6 Å². The molecule has 1 aromatic heterocycles. The minimum absolute atomic E-state index is 0.0778. The van der Waals surface area contributed by atoms with Crippen molar-refractivity contribution in [2.75, 3.05) is 4.72 Å². The Morgan fingerprint density at radius 1 is 1.21 bits per heavy atom. The largest absolute Gasteiger partial charge is 0.326 e. The highest BCUT2D eigenvalue weighted by Gasteiger charge is 2.21. The molecule has 0 atom stereocenters. The molecule has 0 aliphatic heterocycles. The Morgan fingerprint density at radius 2 is 1.89 bits per heavy atom. The number of benzene rings is 1. The van der Waals surface area contributed by atoms with Crippen molar-refractivity contribution in [3.05, 3.63) is 48.0 Å². The molecule has 0 unspecified atom stereocenters. The lowest BCUT2D eigenvalue weighted by Gasteiger charge is -2.10. The number of rotatable bonds is 4. The van der Waals surface area contributed by atoms with Crippen LogP contribution in [0.4, 0.5) is 10.3 Å². The van der Waals surface area contributed by atoms with Gasteiger partial charge in [-0.05, 0) is 18.2 Å². The third-order valence-corrected chi connectivity index (χ3v) is 3.77. The molecule has 0 amide bonds. The number of sulfonamides is 1. The van der Waals surface area contributed by atoms with Gasteiger partial charge in [0, 0.05) is 24.5 Å². The highest BCUT2D eigenvalue weighted by atomic mass is 32.2. The van der Waals surface area contributed by atoms with E-state index in [9.17, 15) is 12.8 Å². The van der Waals surface area contributed by atoms with Gasteiger partial charge >= 0.3 is 0 Å².